The Hall–Kier alpha value is -5.98. The van der Waals surface area contributed by atoms with Gasteiger partial charge in [-0.3, -0.25) is 9.69 Å². The van der Waals surface area contributed by atoms with E-state index < -0.39 is 0 Å². The topological polar surface area (TPSA) is 95.5 Å². The smallest absolute Gasteiger partial charge is 0.246 e. The molecule has 0 radical (unpaired) electrons. The zero-order chi connectivity index (χ0) is 38.0. The highest BCUT2D eigenvalue weighted by atomic mass is 32.1. The Morgan fingerprint density at radius 1 is 0.800 bits per heavy atom. The number of piperazine rings is 1. The van der Waals surface area contributed by atoms with Crippen molar-refractivity contribution in [3.05, 3.63) is 137 Å². The van der Waals surface area contributed by atoms with Crippen molar-refractivity contribution in [2.75, 3.05) is 47.0 Å². The number of carbonyl (C=O) groups is 1. The molecule has 1 aliphatic heterocycles. The SMILES string of the molecule is COc1cc(/C=C/C(=O)N2CCN(Cc3ccc(CCOc4ccc(F)cc4)cc3)CC2)cc(OC)c1Oc1ccc(OCc2ccc3ncsc3c2)cn1. The Labute approximate surface area is 323 Å². The van der Waals surface area contributed by atoms with E-state index in [0.717, 1.165) is 47.4 Å². The standard InChI is InChI=1S/C43H41FN4O6S/c1-50-38-23-32(24-39(51-2)43(38)54-41-15-13-36(26-45-41)53-28-33-7-14-37-40(25-33)55-29-46-37)8-16-42(49)48-20-18-47(19-21-48)27-31-5-3-30(4-6-31)17-22-52-35-11-9-34(44)10-12-35/h3-16,23-26,29H,17-22,27-28H2,1-2H3/b16-8+. The molecular weight excluding hydrogens is 720 g/mol. The van der Waals surface area contributed by atoms with E-state index in [1.54, 1.807) is 80.3 Å². The van der Waals surface area contributed by atoms with Crippen LogP contribution < -0.4 is 23.7 Å². The second kappa shape index (κ2) is 17.9. The molecule has 1 aliphatic rings. The average molecular weight is 761 g/mol. The van der Waals surface area contributed by atoms with Crippen LogP contribution in [0.3, 0.4) is 0 Å². The maximum absolute atomic E-state index is 13.2. The number of ether oxygens (including phenoxy) is 5. The molecule has 282 valence electrons. The molecule has 2 aromatic heterocycles. The van der Waals surface area contributed by atoms with Crippen LogP contribution in [0, 0.1) is 5.82 Å². The summed E-state index contributed by atoms with van der Waals surface area (Å²) in [4.78, 5) is 26.1. The molecule has 0 atom stereocenters. The van der Waals surface area contributed by atoms with E-state index in [4.69, 9.17) is 23.7 Å². The molecule has 1 fully saturated rings. The van der Waals surface area contributed by atoms with Gasteiger partial charge in [0.2, 0.25) is 17.5 Å². The zero-order valence-corrected chi connectivity index (χ0v) is 31.5. The van der Waals surface area contributed by atoms with Gasteiger partial charge in [-0.2, -0.15) is 0 Å². The van der Waals surface area contributed by atoms with Gasteiger partial charge in [-0.1, -0.05) is 30.3 Å². The lowest BCUT2D eigenvalue weighted by atomic mass is 10.1. The fraction of sp³-hybridized carbons (Fsp3) is 0.233. The van der Waals surface area contributed by atoms with Gasteiger partial charge in [-0.25, -0.2) is 14.4 Å². The van der Waals surface area contributed by atoms with Gasteiger partial charge in [0.1, 0.15) is 23.9 Å². The molecule has 6 aromatic rings. The van der Waals surface area contributed by atoms with Crippen LogP contribution in [0.1, 0.15) is 22.3 Å². The number of thiazole rings is 1. The Bertz CT molecular complexity index is 2190. The van der Waals surface area contributed by atoms with Crippen molar-refractivity contribution >= 4 is 33.5 Å². The number of methoxy groups -OCH3 is 2. The number of rotatable bonds is 15. The minimum atomic E-state index is -0.276. The zero-order valence-electron chi connectivity index (χ0n) is 30.7. The molecule has 10 nitrogen and oxygen atoms in total. The van der Waals surface area contributed by atoms with Crippen LogP contribution in [0.5, 0.6) is 34.6 Å². The molecule has 0 N–H and O–H groups in total. The first-order chi connectivity index (χ1) is 26.9. The van der Waals surface area contributed by atoms with Crippen molar-refractivity contribution in [1.29, 1.82) is 0 Å². The van der Waals surface area contributed by atoms with E-state index in [0.29, 0.717) is 60.9 Å². The molecule has 0 unspecified atom stereocenters. The number of nitrogens with zero attached hydrogens (tertiary/aromatic N) is 4. The number of benzene rings is 4. The highest BCUT2D eigenvalue weighted by Gasteiger charge is 2.20. The largest absolute Gasteiger partial charge is 0.493 e. The van der Waals surface area contributed by atoms with Crippen LogP contribution in [0.2, 0.25) is 0 Å². The molecule has 0 saturated carbocycles. The number of hydrogen-bond donors (Lipinski definition) is 0. The Kier molecular flexibility index (Phi) is 12.2. The van der Waals surface area contributed by atoms with Crippen molar-refractivity contribution in [2.24, 2.45) is 0 Å². The molecule has 3 heterocycles. The van der Waals surface area contributed by atoms with Crippen molar-refractivity contribution < 1.29 is 32.9 Å². The van der Waals surface area contributed by atoms with Gasteiger partial charge in [0.25, 0.3) is 0 Å². The molecule has 0 bridgehead atoms. The van der Waals surface area contributed by atoms with Crippen LogP contribution in [0.4, 0.5) is 4.39 Å². The van der Waals surface area contributed by atoms with E-state index in [1.165, 1.54) is 23.3 Å². The molecule has 0 aliphatic carbocycles. The Morgan fingerprint density at radius 2 is 1.51 bits per heavy atom. The van der Waals surface area contributed by atoms with E-state index in [-0.39, 0.29) is 11.7 Å². The lowest BCUT2D eigenvalue weighted by molar-refractivity contribution is -0.127. The van der Waals surface area contributed by atoms with Crippen LogP contribution in [0.25, 0.3) is 16.3 Å². The number of fused-ring (bicyclic) bond motifs is 1. The molecule has 1 saturated heterocycles. The molecule has 0 spiro atoms. The monoisotopic (exact) mass is 760 g/mol. The number of pyridine rings is 1. The second-order valence-corrected chi connectivity index (χ2v) is 13.8. The predicted molar refractivity (Wildman–Crippen MR) is 211 cm³/mol. The minimum Gasteiger partial charge on any atom is -0.493 e. The van der Waals surface area contributed by atoms with Gasteiger partial charge in [-0.05, 0) is 82.9 Å². The molecule has 7 rings (SSSR count). The van der Waals surface area contributed by atoms with Crippen molar-refractivity contribution in [1.82, 2.24) is 19.8 Å². The third-order valence-electron chi connectivity index (χ3n) is 9.20. The number of aromatic nitrogens is 2. The number of hydrogen-bond acceptors (Lipinski definition) is 10. The fourth-order valence-electron chi connectivity index (χ4n) is 6.16. The number of carbonyl (C=O) groups excluding carboxylic acids is 1. The first-order valence-corrected chi connectivity index (χ1v) is 18.8. The van der Waals surface area contributed by atoms with Gasteiger partial charge in [0.15, 0.2) is 11.5 Å². The second-order valence-electron chi connectivity index (χ2n) is 12.9. The summed E-state index contributed by atoms with van der Waals surface area (Å²) < 4.78 is 43.3. The Morgan fingerprint density at radius 3 is 2.22 bits per heavy atom. The summed E-state index contributed by atoms with van der Waals surface area (Å²) in [6.45, 7) is 4.59. The Balaban J connectivity index is 0.876. The predicted octanol–water partition coefficient (Wildman–Crippen LogP) is 8.20. The third-order valence-corrected chi connectivity index (χ3v) is 10.00. The van der Waals surface area contributed by atoms with E-state index in [2.05, 4.69) is 45.2 Å². The van der Waals surface area contributed by atoms with Crippen molar-refractivity contribution in [3.63, 3.8) is 0 Å². The number of amides is 1. The van der Waals surface area contributed by atoms with Gasteiger partial charge >= 0.3 is 0 Å². The normalized spacial score (nSPS) is 13.3. The summed E-state index contributed by atoms with van der Waals surface area (Å²) in [6.07, 6.45) is 5.71. The maximum atomic E-state index is 13.2. The molecule has 1 amide bonds. The molecular formula is C43H41FN4O6S. The first-order valence-electron chi connectivity index (χ1n) is 17.9. The summed E-state index contributed by atoms with van der Waals surface area (Å²) in [5.41, 5.74) is 6.98. The van der Waals surface area contributed by atoms with Gasteiger partial charge < -0.3 is 28.6 Å². The summed E-state index contributed by atoms with van der Waals surface area (Å²) >= 11 is 1.60. The summed E-state index contributed by atoms with van der Waals surface area (Å²) in [5, 5.41) is 0. The third kappa shape index (κ3) is 9.97. The first kappa shape index (κ1) is 37.3. The molecule has 12 heteroatoms. The summed E-state index contributed by atoms with van der Waals surface area (Å²) in [7, 11) is 3.10. The van der Waals surface area contributed by atoms with Crippen LogP contribution in [-0.4, -0.2) is 72.7 Å². The van der Waals surface area contributed by atoms with E-state index >= 15 is 0 Å². The average Bonchev–Trinajstić information content (AvgIpc) is 3.70. The highest BCUT2D eigenvalue weighted by Crippen LogP contribution is 2.41. The van der Waals surface area contributed by atoms with Crippen molar-refractivity contribution in [2.45, 2.75) is 19.6 Å². The minimum absolute atomic E-state index is 0.0549. The van der Waals surface area contributed by atoms with Crippen molar-refractivity contribution in [3.8, 4) is 34.6 Å². The quantitative estimate of drug-likeness (QED) is 0.0961. The lowest BCUT2D eigenvalue weighted by Crippen LogP contribution is -2.47. The number of halogens is 1. The highest BCUT2D eigenvalue weighted by molar-refractivity contribution is 7.16. The molecule has 4 aromatic carbocycles. The van der Waals surface area contributed by atoms with E-state index in [1.807, 2.05) is 22.5 Å². The van der Waals surface area contributed by atoms with Crippen LogP contribution in [-0.2, 0) is 24.4 Å². The van der Waals surface area contributed by atoms with Gasteiger partial charge in [-0.15, -0.1) is 11.3 Å². The fourth-order valence-corrected chi connectivity index (χ4v) is 6.90. The molecule has 55 heavy (non-hydrogen) atoms. The van der Waals surface area contributed by atoms with Gasteiger partial charge in [0, 0.05) is 51.3 Å². The van der Waals surface area contributed by atoms with Crippen LogP contribution in [0.15, 0.2) is 109 Å². The van der Waals surface area contributed by atoms with Gasteiger partial charge in [0.05, 0.1) is 42.8 Å². The lowest BCUT2D eigenvalue weighted by Gasteiger charge is -2.34. The van der Waals surface area contributed by atoms with E-state index in [9.17, 15) is 9.18 Å². The summed E-state index contributed by atoms with van der Waals surface area (Å²) in [6, 6.07) is 27.8. The summed E-state index contributed by atoms with van der Waals surface area (Å²) in [5.74, 6) is 2.52. The maximum Gasteiger partial charge on any atom is 0.246 e. The van der Waals surface area contributed by atoms with Crippen LogP contribution >= 0.6 is 11.3 Å².